The Bertz CT molecular complexity index is 271. The van der Waals surface area contributed by atoms with Crippen molar-refractivity contribution in [2.24, 2.45) is 16.7 Å². The molecule has 0 amide bonds. The molecule has 0 heterocycles. The van der Waals surface area contributed by atoms with Crippen molar-refractivity contribution in [2.75, 3.05) is 11.5 Å². The van der Waals surface area contributed by atoms with Crippen LogP contribution in [0.3, 0.4) is 0 Å². The van der Waals surface area contributed by atoms with Crippen molar-refractivity contribution in [1.82, 2.24) is 5.32 Å². The molecule has 2 unspecified atom stereocenters. The number of hydrogen-bond donors (Lipinski definition) is 1. The summed E-state index contributed by atoms with van der Waals surface area (Å²) in [7, 11) is 0. The van der Waals surface area contributed by atoms with E-state index in [-0.39, 0.29) is 0 Å². The van der Waals surface area contributed by atoms with Gasteiger partial charge in [-0.05, 0) is 48.7 Å². The van der Waals surface area contributed by atoms with Gasteiger partial charge in [-0.15, -0.1) is 0 Å². The van der Waals surface area contributed by atoms with Gasteiger partial charge in [-0.3, -0.25) is 0 Å². The zero-order valence-corrected chi connectivity index (χ0v) is 13.0. The lowest BCUT2D eigenvalue weighted by Crippen LogP contribution is -2.53. The van der Waals surface area contributed by atoms with Crippen molar-refractivity contribution in [1.29, 1.82) is 0 Å². The first-order valence-corrected chi connectivity index (χ1v) is 8.39. The van der Waals surface area contributed by atoms with Gasteiger partial charge in [0.25, 0.3) is 0 Å². The molecule has 2 saturated carbocycles. The van der Waals surface area contributed by atoms with E-state index in [0.29, 0.717) is 16.9 Å². The van der Waals surface area contributed by atoms with Crippen LogP contribution in [-0.2, 0) is 0 Å². The monoisotopic (exact) mass is 255 g/mol. The van der Waals surface area contributed by atoms with Gasteiger partial charge in [0.05, 0.1) is 0 Å². The summed E-state index contributed by atoms with van der Waals surface area (Å²) < 4.78 is 0. The summed E-state index contributed by atoms with van der Waals surface area (Å²) in [6, 6.07) is 1.38. The number of nitrogens with one attached hydrogen (secondary N) is 1. The summed E-state index contributed by atoms with van der Waals surface area (Å²) in [6.07, 6.45) is 4.34. The lowest BCUT2D eigenvalue weighted by atomic mass is 9.68. The zero-order valence-electron chi connectivity index (χ0n) is 12.2. The molecule has 2 aliphatic carbocycles. The van der Waals surface area contributed by atoms with Gasteiger partial charge >= 0.3 is 0 Å². The van der Waals surface area contributed by atoms with Gasteiger partial charge in [0.1, 0.15) is 0 Å². The maximum atomic E-state index is 3.96. The molecular weight excluding hydrogens is 226 g/mol. The third kappa shape index (κ3) is 2.40. The molecular formula is C15H29NS. The highest BCUT2D eigenvalue weighted by atomic mass is 32.2. The molecule has 0 aromatic rings. The highest BCUT2D eigenvalue weighted by Gasteiger charge is 2.59. The second-order valence-corrected chi connectivity index (χ2v) is 8.39. The molecule has 0 spiro atoms. The van der Waals surface area contributed by atoms with E-state index in [9.17, 15) is 0 Å². The van der Waals surface area contributed by atoms with Gasteiger partial charge in [0, 0.05) is 17.8 Å². The van der Waals surface area contributed by atoms with Gasteiger partial charge < -0.3 is 5.32 Å². The number of thioether (sulfide) groups is 1. The quantitative estimate of drug-likeness (QED) is 0.799. The Labute approximate surface area is 112 Å². The minimum absolute atomic E-state index is 0.498. The summed E-state index contributed by atoms with van der Waals surface area (Å²) in [5, 5.41) is 3.96. The first kappa shape index (κ1) is 13.7. The fourth-order valence-electron chi connectivity index (χ4n) is 4.35. The van der Waals surface area contributed by atoms with E-state index in [2.05, 4.69) is 51.7 Å². The molecule has 0 aliphatic heterocycles. The van der Waals surface area contributed by atoms with E-state index in [4.69, 9.17) is 0 Å². The first-order chi connectivity index (χ1) is 7.90. The van der Waals surface area contributed by atoms with Crippen LogP contribution in [0.5, 0.6) is 0 Å². The first-order valence-electron chi connectivity index (χ1n) is 7.24. The fraction of sp³-hybridized carbons (Fsp3) is 1.00. The number of rotatable bonds is 5. The largest absolute Gasteiger partial charge is 0.310 e. The third-order valence-corrected chi connectivity index (χ3v) is 6.44. The lowest BCUT2D eigenvalue weighted by molar-refractivity contribution is 0.103. The van der Waals surface area contributed by atoms with Crippen molar-refractivity contribution in [3.05, 3.63) is 0 Å². The van der Waals surface area contributed by atoms with Gasteiger partial charge in [0.15, 0.2) is 0 Å². The van der Waals surface area contributed by atoms with Crippen LogP contribution >= 0.6 is 11.8 Å². The maximum absolute atomic E-state index is 3.96. The molecule has 1 N–H and O–H groups in total. The van der Waals surface area contributed by atoms with Crippen LogP contribution in [0.2, 0.25) is 0 Å². The van der Waals surface area contributed by atoms with Crippen molar-refractivity contribution < 1.29 is 0 Å². The Morgan fingerprint density at radius 1 is 1.35 bits per heavy atom. The van der Waals surface area contributed by atoms with E-state index in [1.54, 1.807) is 0 Å². The predicted octanol–water partition coefficient (Wildman–Crippen LogP) is 3.93. The normalized spacial score (nSPS) is 40.8. The van der Waals surface area contributed by atoms with Crippen molar-refractivity contribution in [3.63, 3.8) is 0 Å². The topological polar surface area (TPSA) is 12.0 Å². The molecule has 0 radical (unpaired) electrons. The second-order valence-electron chi connectivity index (χ2n) is 7.08. The van der Waals surface area contributed by atoms with Crippen molar-refractivity contribution >= 4 is 11.8 Å². The standard InChI is InChI=1S/C15H29NS/c1-6-17-10-11(2)16-13-14(3,4)12-7-8-15(13,5)9-12/h11-13,16H,6-10H2,1-5H3/t11?,12-,13?,15+/m0/s1. The lowest BCUT2D eigenvalue weighted by Gasteiger charge is -2.44. The van der Waals surface area contributed by atoms with E-state index >= 15 is 0 Å². The highest BCUT2D eigenvalue weighted by Crippen LogP contribution is 2.62. The Balaban J connectivity index is 2.00. The molecule has 4 atom stereocenters. The van der Waals surface area contributed by atoms with Crippen LogP contribution in [0.15, 0.2) is 0 Å². The van der Waals surface area contributed by atoms with E-state index in [1.807, 2.05) is 0 Å². The number of hydrogen-bond acceptors (Lipinski definition) is 2. The van der Waals surface area contributed by atoms with Gasteiger partial charge in [-0.1, -0.05) is 27.7 Å². The molecule has 0 aromatic carbocycles. The average Bonchev–Trinajstić information content (AvgIpc) is 2.73. The zero-order chi connectivity index (χ0) is 12.7. The number of fused-ring (bicyclic) bond motifs is 2. The predicted molar refractivity (Wildman–Crippen MR) is 78.6 cm³/mol. The van der Waals surface area contributed by atoms with Crippen LogP contribution in [0.4, 0.5) is 0 Å². The van der Waals surface area contributed by atoms with E-state index in [0.717, 1.165) is 12.0 Å². The average molecular weight is 255 g/mol. The van der Waals surface area contributed by atoms with Crippen LogP contribution in [-0.4, -0.2) is 23.6 Å². The summed E-state index contributed by atoms with van der Waals surface area (Å²) >= 11 is 2.06. The summed E-state index contributed by atoms with van der Waals surface area (Å²) in [4.78, 5) is 0. The molecule has 2 bridgehead atoms. The third-order valence-electron chi connectivity index (χ3n) is 5.29. The smallest absolute Gasteiger partial charge is 0.0178 e. The molecule has 2 aliphatic rings. The fourth-order valence-corrected chi connectivity index (χ4v) is 5.03. The molecule has 2 heteroatoms. The van der Waals surface area contributed by atoms with Crippen LogP contribution in [0.25, 0.3) is 0 Å². The van der Waals surface area contributed by atoms with Gasteiger partial charge in [0.2, 0.25) is 0 Å². The Morgan fingerprint density at radius 2 is 2.06 bits per heavy atom. The SMILES string of the molecule is CCSCC(C)NC1C(C)(C)[C@H]2CC[C@]1(C)C2. The van der Waals surface area contributed by atoms with Gasteiger partial charge in [-0.25, -0.2) is 0 Å². The Morgan fingerprint density at radius 3 is 2.59 bits per heavy atom. The minimum atomic E-state index is 0.498. The molecule has 100 valence electrons. The van der Waals surface area contributed by atoms with E-state index < -0.39 is 0 Å². The van der Waals surface area contributed by atoms with E-state index in [1.165, 1.54) is 30.8 Å². The van der Waals surface area contributed by atoms with Crippen molar-refractivity contribution in [2.45, 2.75) is 66.0 Å². The molecule has 0 saturated heterocycles. The van der Waals surface area contributed by atoms with Crippen LogP contribution < -0.4 is 5.32 Å². The van der Waals surface area contributed by atoms with Crippen LogP contribution in [0, 0.1) is 16.7 Å². The molecule has 1 nitrogen and oxygen atoms in total. The molecule has 2 rings (SSSR count). The Kier molecular flexibility index (Phi) is 3.85. The molecule has 2 fully saturated rings. The summed E-state index contributed by atoms with van der Waals surface area (Å²) in [6.45, 7) is 12.1. The van der Waals surface area contributed by atoms with Crippen LogP contribution in [0.1, 0.15) is 53.9 Å². The second kappa shape index (κ2) is 4.77. The van der Waals surface area contributed by atoms with Crippen molar-refractivity contribution in [3.8, 4) is 0 Å². The minimum Gasteiger partial charge on any atom is -0.310 e. The Hall–Kier alpha value is 0.310. The molecule has 17 heavy (non-hydrogen) atoms. The highest BCUT2D eigenvalue weighted by molar-refractivity contribution is 7.99. The summed E-state index contributed by atoms with van der Waals surface area (Å²) in [5.74, 6) is 3.44. The van der Waals surface area contributed by atoms with Gasteiger partial charge in [-0.2, -0.15) is 11.8 Å². The molecule has 0 aromatic heterocycles. The maximum Gasteiger partial charge on any atom is 0.0178 e. The summed E-state index contributed by atoms with van der Waals surface area (Å²) in [5.41, 5.74) is 1.07.